The zero-order chi connectivity index (χ0) is 25.8. The third-order valence-electron chi connectivity index (χ3n) is 4.52. The van der Waals surface area contributed by atoms with Crippen LogP contribution in [0.2, 0.25) is 0 Å². The number of halogens is 1. The fraction of sp³-hybridized carbons (Fsp3) is 0.381. The fourth-order valence-corrected chi connectivity index (χ4v) is 6.21. The zero-order valence-corrected chi connectivity index (χ0v) is 20.9. The summed E-state index contributed by atoms with van der Waals surface area (Å²) in [4.78, 5) is 30.1. The summed E-state index contributed by atoms with van der Waals surface area (Å²) in [6, 6.07) is 4.64. The van der Waals surface area contributed by atoms with Crippen LogP contribution < -0.4 is 3.71 Å². The lowest BCUT2D eigenvalue weighted by atomic mass is 9.92. The summed E-state index contributed by atoms with van der Waals surface area (Å²) in [5, 5.41) is 0. The SMILES string of the molecule is CCCc1nc(N(S(C)(=O)=O)S(C)(=O)=O)c(C(=O)OCC)c(-c2ccc(F)cc2)c1C(=O)OC. The Morgan fingerprint density at radius 3 is 1.97 bits per heavy atom. The van der Waals surface area contributed by atoms with Crippen molar-refractivity contribution in [2.24, 2.45) is 0 Å². The van der Waals surface area contributed by atoms with E-state index >= 15 is 0 Å². The number of ether oxygens (including phenoxy) is 2. The van der Waals surface area contributed by atoms with Crippen LogP contribution in [0.3, 0.4) is 0 Å². The van der Waals surface area contributed by atoms with Crippen LogP contribution in [0, 0.1) is 5.82 Å². The van der Waals surface area contributed by atoms with Crippen molar-refractivity contribution in [2.45, 2.75) is 26.7 Å². The van der Waals surface area contributed by atoms with Gasteiger partial charge in [0.15, 0.2) is 5.82 Å². The highest BCUT2D eigenvalue weighted by atomic mass is 32.3. The highest BCUT2D eigenvalue weighted by molar-refractivity contribution is 8.09. The minimum absolute atomic E-state index is 0.00553. The topological polar surface area (TPSA) is 137 Å². The predicted octanol–water partition coefficient (Wildman–Crippen LogP) is 2.53. The molecule has 10 nitrogen and oxygen atoms in total. The van der Waals surface area contributed by atoms with E-state index < -0.39 is 49.2 Å². The van der Waals surface area contributed by atoms with Gasteiger partial charge >= 0.3 is 11.9 Å². The first-order valence-electron chi connectivity index (χ1n) is 10.1. The standard InChI is InChI=1S/C21H25FN2O8S2/c1-6-8-15-17(20(25)31-3)16(13-9-11-14(22)12-10-13)18(21(26)32-7-2)19(23-15)24(33(4,27)28)34(5,29)30/h9-12H,6-8H2,1-5H3. The Morgan fingerprint density at radius 1 is 0.971 bits per heavy atom. The monoisotopic (exact) mass is 516 g/mol. The van der Waals surface area contributed by atoms with Crippen molar-refractivity contribution in [1.29, 1.82) is 0 Å². The molecule has 0 aliphatic carbocycles. The van der Waals surface area contributed by atoms with Gasteiger partial charge in [0.1, 0.15) is 11.4 Å². The van der Waals surface area contributed by atoms with Gasteiger partial charge in [0.2, 0.25) is 20.0 Å². The molecule has 0 atom stereocenters. The number of benzene rings is 1. The van der Waals surface area contributed by atoms with Gasteiger partial charge in [0.25, 0.3) is 0 Å². The van der Waals surface area contributed by atoms with Crippen LogP contribution in [0.4, 0.5) is 10.2 Å². The molecule has 0 saturated heterocycles. The van der Waals surface area contributed by atoms with Gasteiger partial charge in [-0.1, -0.05) is 25.5 Å². The van der Waals surface area contributed by atoms with Gasteiger partial charge in [-0.15, -0.1) is 3.71 Å². The van der Waals surface area contributed by atoms with Crippen LogP contribution >= 0.6 is 0 Å². The van der Waals surface area contributed by atoms with E-state index in [1.165, 1.54) is 19.1 Å². The summed E-state index contributed by atoms with van der Waals surface area (Å²) in [7, 11) is -7.95. The number of aromatic nitrogens is 1. The van der Waals surface area contributed by atoms with Crippen molar-refractivity contribution in [3.63, 3.8) is 0 Å². The molecule has 186 valence electrons. The molecule has 0 aliphatic rings. The Balaban J connectivity index is 3.26. The maximum atomic E-state index is 13.7. The normalized spacial score (nSPS) is 11.7. The number of aryl methyl sites for hydroxylation is 1. The summed E-state index contributed by atoms with van der Waals surface area (Å²) in [6.07, 6.45) is 1.80. The number of esters is 2. The van der Waals surface area contributed by atoms with E-state index in [2.05, 4.69) is 4.98 Å². The van der Waals surface area contributed by atoms with E-state index in [9.17, 15) is 30.8 Å². The second kappa shape index (κ2) is 10.5. The second-order valence-corrected chi connectivity index (χ2v) is 11.1. The number of hydrogen-bond donors (Lipinski definition) is 0. The van der Waals surface area contributed by atoms with Crippen molar-refractivity contribution in [1.82, 2.24) is 4.98 Å². The molecular formula is C21H25FN2O8S2. The summed E-state index contributed by atoms with van der Waals surface area (Å²) in [5.41, 5.74) is -0.854. The number of rotatable bonds is 9. The molecule has 0 N–H and O–H groups in total. The predicted molar refractivity (Wildman–Crippen MR) is 123 cm³/mol. The largest absolute Gasteiger partial charge is 0.465 e. The van der Waals surface area contributed by atoms with Crippen LogP contribution in [-0.2, 0) is 35.9 Å². The third-order valence-corrected chi connectivity index (χ3v) is 7.69. The lowest BCUT2D eigenvalue weighted by Crippen LogP contribution is -2.38. The number of methoxy groups -OCH3 is 1. The Hall–Kier alpha value is -3.06. The van der Waals surface area contributed by atoms with E-state index in [1.54, 1.807) is 6.92 Å². The molecule has 1 aromatic carbocycles. The van der Waals surface area contributed by atoms with Crippen LogP contribution in [0.5, 0.6) is 0 Å². The van der Waals surface area contributed by atoms with Crippen LogP contribution in [-0.4, -0.2) is 60.0 Å². The Bertz CT molecular complexity index is 1280. The highest BCUT2D eigenvalue weighted by Gasteiger charge is 2.38. The van der Waals surface area contributed by atoms with Gasteiger partial charge in [-0.3, -0.25) is 0 Å². The molecule has 0 spiro atoms. The molecule has 0 saturated carbocycles. The fourth-order valence-electron chi connectivity index (χ4n) is 3.35. The molecule has 34 heavy (non-hydrogen) atoms. The van der Waals surface area contributed by atoms with Crippen molar-refractivity contribution >= 4 is 37.8 Å². The molecule has 0 radical (unpaired) electrons. The number of anilines is 1. The molecule has 2 rings (SSSR count). The maximum absolute atomic E-state index is 13.7. The van der Waals surface area contributed by atoms with Gasteiger partial charge in [0.05, 0.1) is 37.5 Å². The first-order valence-corrected chi connectivity index (χ1v) is 13.8. The van der Waals surface area contributed by atoms with Crippen molar-refractivity contribution in [3.05, 3.63) is 46.9 Å². The molecule has 1 heterocycles. The van der Waals surface area contributed by atoms with Gasteiger partial charge in [-0.25, -0.2) is 35.8 Å². The lowest BCUT2D eigenvalue weighted by molar-refractivity contribution is 0.0528. The zero-order valence-electron chi connectivity index (χ0n) is 19.3. The number of nitrogens with zero attached hydrogens (tertiary/aromatic N) is 2. The van der Waals surface area contributed by atoms with Crippen molar-refractivity contribution < 1.29 is 40.3 Å². The molecule has 0 aliphatic heterocycles. The minimum Gasteiger partial charge on any atom is -0.465 e. The van der Waals surface area contributed by atoms with Crippen molar-refractivity contribution in [3.8, 4) is 11.1 Å². The van der Waals surface area contributed by atoms with Gasteiger partial charge in [-0.05, 0) is 31.0 Å². The Kier molecular flexibility index (Phi) is 8.37. The number of carbonyl (C=O) groups is 2. The van der Waals surface area contributed by atoms with E-state index in [-0.39, 0.29) is 39.1 Å². The smallest absolute Gasteiger partial charge is 0.342 e. The van der Waals surface area contributed by atoms with Crippen molar-refractivity contribution in [2.75, 3.05) is 29.9 Å². The summed E-state index contributed by atoms with van der Waals surface area (Å²) in [5.74, 6) is -3.40. The van der Waals surface area contributed by atoms with E-state index in [0.29, 0.717) is 18.9 Å². The number of carbonyl (C=O) groups excluding carboxylic acids is 2. The van der Waals surface area contributed by atoms with Crippen LogP contribution in [0.1, 0.15) is 46.7 Å². The minimum atomic E-state index is -4.52. The van der Waals surface area contributed by atoms with E-state index in [1.807, 2.05) is 0 Å². The molecule has 0 amide bonds. The van der Waals surface area contributed by atoms with E-state index in [4.69, 9.17) is 9.47 Å². The van der Waals surface area contributed by atoms with Crippen LogP contribution in [0.15, 0.2) is 24.3 Å². The maximum Gasteiger partial charge on any atom is 0.342 e. The molecule has 0 unspecified atom stereocenters. The highest BCUT2D eigenvalue weighted by Crippen LogP contribution is 2.38. The molecule has 0 fully saturated rings. The third kappa shape index (κ3) is 5.70. The van der Waals surface area contributed by atoms with Gasteiger partial charge in [-0.2, -0.15) is 0 Å². The molecule has 2 aromatic rings. The number of hydrogen-bond acceptors (Lipinski definition) is 9. The quantitative estimate of drug-likeness (QED) is 0.460. The molecule has 1 aromatic heterocycles. The second-order valence-electron chi connectivity index (χ2n) is 7.20. The first kappa shape index (κ1) is 27.2. The van der Waals surface area contributed by atoms with Gasteiger partial charge in [0, 0.05) is 5.56 Å². The summed E-state index contributed by atoms with van der Waals surface area (Å²) >= 11 is 0. The van der Waals surface area contributed by atoms with E-state index in [0.717, 1.165) is 19.2 Å². The number of pyridine rings is 1. The average molecular weight is 517 g/mol. The lowest BCUT2D eigenvalue weighted by Gasteiger charge is -2.25. The Morgan fingerprint density at radius 2 is 1.53 bits per heavy atom. The molecule has 13 heteroatoms. The van der Waals surface area contributed by atoms with Crippen LogP contribution in [0.25, 0.3) is 11.1 Å². The Labute approximate surface area is 197 Å². The molecule has 0 bridgehead atoms. The van der Waals surface area contributed by atoms with Gasteiger partial charge < -0.3 is 9.47 Å². The first-order chi connectivity index (χ1) is 15.8. The average Bonchev–Trinajstić information content (AvgIpc) is 2.71. The summed E-state index contributed by atoms with van der Waals surface area (Å²) < 4.78 is 73.9. The summed E-state index contributed by atoms with van der Waals surface area (Å²) in [6.45, 7) is 3.09. The number of sulfonamides is 2. The molecular weight excluding hydrogens is 491 g/mol.